The van der Waals surface area contributed by atoms with Crippen LogP contribution in [-0.2, 0) is 0 Å². The van der Waals surface area contributed by atoms with Crippen LogP contribution in [0.1, 0.15) is 25.8 Å². The number of halogens is 1. The topological polar surface area (TPSA) is 9.23 Å². The Morgan fingerprint density at radius 2 is 2.07 bits per heavy atom. The molecule has 1 aromatic carbocycles. The van der Waals surface area contributed by atoms with Crippen LogP contribution in [0.2, 0.25) is 0 Å². The average molecular weight is 194 g/mol. The summed E-state index contributed by atoms with van der Waals surface area (Å²) >= 11 is 0. The third kappa shape index (κ3) is 2.13. The standard InChI is InChI=1S/C10H9FO.C2H6/c1-7-4-5-12-10-3-2-8(11)6-9(7)10;1-2/h2-3,6H,1,4-5H2;1-2H3. The van der Waals surface area contributed by atoms with Crippen molar-refractivity contribution in [1.82, 2.24) is 0 Å². The maximum absolute atomic E-state index is 12.8. The summed E-state index contributed by atoms with van der Waals surface area (Å²) in [4.78, 5) is 0. The largest absolute Gasteiger partial charge is 0.493 e. The molecular formula is C12H15FO. The van der Waals surface area contributed by atoms with Gasteiger partial charge in [0.15, 0.2) is 0 Å². The van der Waals surface area contributed by atoms with E-state index in [1.165, 1.54) is 12.1 Å². The molecule has 0 saturated heterocycles. The van der Waals surface area contributed by atoms with Gasteiger partial charge in [0, 0.05) is 12.0 Å². The Balaban J connectivity index is 0.000000461. The average Bonchev–Trinajstić information content (AvgIpc) is 2.22. The molecule has 1 aliphatic heterocycles. The van der Waals surface area contributed by atoms with E-state index in [-0.39, 0.29) is 5.82 Å². The van der Waals surface area contributed by atoms with E-state index in [9.17, 15) is 4.39 Å². The van der Waals surface area contributed by atoms with Crippen LogP contribution >= 0.6 is 0 Å². The fourth-order valence-electron chi connectivity index (χ4n) is 1.32. The van der Waals surface area contributed by atoms with Crippen molar-refractivity contribution in [2.45, 2.75) is 20.3 Å². The Hall–Kier alpha value is -1.31. The van der Waals surface area contributed by atoms with Gasteiger partial charge in [0.2, 0.25) is 0 Å². The van der Waals surface area contributed by atoms with Crippen molar-refractivity contribution < 1.29 is 9.13 Å². The molecule has 0 atom stereocenters. The second-order valence-corrected chi connectivity index (χ2v) is 2.84. The SMILES string of the molecule is C=C1CCOc2ccc(F)cc21.CC. The first-order valence-corrected chi connectivity index (χ1v) is 4.88. The van der Waals surface area contributed by atoms with Crippen molar-refractivity contribution in [2.24, 2.45) is 0 Å². The van der Waals surface area contributed by atoms with Crippen LogP contribution in [-0.4, -0.2) is 6.61 Å². The number of fused-ring (bicyclic) bond motifs is 1. The lowest BCUT2D eigenvalue weighted by molar-refractivity contribution is 0.316. The van der Waals surface area contributed by atoms with E-state index in [2.05, 4.69) is 6.58 Å². The molecule has 1 heterocycles. The van der Waals surface area contributed by atoms with Crippen molar-refractivity contribution >= 4 is 5.57 Å². The summed E-state index contributed by atoms with van der Waals surface area (Å²) in [5.74, 6) is 0.507. The molecule has 0 N–H and O–H groups in total. The van der Waals surface area contributed by atoms with Gasteiger partial charge in [-0.3, -0.25) is 0 Å². The Labute approximate surface area is 84.2 Å². The molecule has 0 aliphatic carbocycles. The zero-order valence-electron chi connectivity index (χ0n) is 8.64. The Bertz CT molecular complexity index is 331. The Morgan fingerprint density at radius 1 is 1.36 bits per heavy atom. The molecule has 2 heteroatoms. The third-order valence-corrected chi connectivity index (χ3v) is 1.98. The second kappa shape index (κ2) is 4.80. The van der Waals surface area contributed by atoms with E-state index in [1.807, 2.05) is 13.8 Å². The van der Waals surface area contributed by atoms with E-state index in [4.69, 9.17) is 4.74 Å². The number of benzene rings is 1. The summed E-state index contributed by atoms with van der Waals surface area (Å²) in [6.07, 6.45) is 0.788. The maximum atomic E-state index is 12.8. The second-order valence-electron chi connectivity index (χ2n) is 2.84. The van der Waals surface area contributed by atoms with E-state index >= 15 is 0 Å². The highest BCUT2D eigenvalue weighted by molar-refractivity contribution is 5.70. The van der Waals surface area contributed by atoms with Crippen molar-refractivity contribution in [3.8, 4) is 5.75 Å². The molecule has 2 rings (SSSR count). The lowest BCUT2D eigenvalue weighted by atomic mass is 10.0. The van der Waals surface area contributed by atoms with E-state index in [0.29, 0.717) is 6.61 Å². The van der Waals surface area contributed by atoms with Crippen LogP contribution in [0.3, 0.4) is 0 Å². The molecule has 0 unspecified atom stereocenters. The molecule has 1 nitrogen and oxygen atoms in total. The number of ether oxygens (including phenoxy) is 1. The first kappa shape index (κ1) is 10.8. The van der Waals surface area contributed by atoms with Crippen molar-refractivity contribution in [2.75, 3.05) is 6.61 Å². The molecule has 0 saturated carbocycles. The van der Waals surface area contributed by atoms with E-state index in [0.717, 1.165) is 23.3 Å². The van der Waals surface area contributed by atoms with Gasteiger partial charge in [-0.1, -0.05) is 20.4 Å². The van der Waals surface area contributed by atoms with E-state index < -0.39 is 0 Å². The molecular weight excluding hydrogens is 179 g/mol. The first-order valence-electron chi connectivity index (χ1n) is 4.88. The monoisotopic (exact) mass is 194 g/mol. The van der Waals surface area contributed by atoms with Gasteiger partial charge in [-0.05, 0) is 23.8 Å². The van der Waals surface area contributed by atoms with Gasteiger partial charge in [-0.25, -0.2) is 4.39 Å². The van der Waals surface area contributed by atoms with Gasteiger partial charge in [-0.15, -0.1) is 0 Å². The molecule has 76 valence electrons. The van der Waals surface area contributed by atoms with Crippen LogP contribution in [0.25, 0.3) is 5.57 Å². The number of hydrogen-bond donors (Lipinski definition) is 0. The molecule has 0 amide bonds. The minimum absolute atomic E-state index is 0.236. The van der Waals surface area contributed by atoms with Crippen molar-refractivity contribution in [1.29, 1.82) is 0 Å². The lowest BCUT2D eigenvalue weighted by Crippen LogP contribution is -2.07. The summed E-state index contributed by atoms with van der Waals surface area (Å²) in [5.41, 5.74) is 1.76. The van der Waals surface area contributed by atoms with Gasteiger partial charge < -0.3 is 4.74 Å². The molecule has 0 bridgehead atoms. The quantitative estimate of drug-likeness (QED) is 0.612. The molecule has 0 spiro atoms. The fraction of sp³-hybridized carbons (Fsp3) is 0.333. The van der Waals surface area contributed by atoms with Gasteiger partial charge in [0.05, 0.1) is 6.61 Å². The van der Waals surface area contributed by atoms with E-state index in [1.54, 1.807) is 6.07 Å². The molecule has 1 aliphatic rings. The summed E-state index contributed by atoms with van der Waals surface area (Å²) in [7, 11) is 0. The highest BCUT2D eigenvalue weighted by Crippen LogP contribution is 2.31. The maximum Gasteiger partial charge on any atom is 0.126 e. The minimum Gasteiger partial charge on any atom is -0.493 e. The molecule has 0 fully saturated rings. The predicted molar refractivity (Wildman–Crippen MR) is 56.9 cm³/mol. The van der Waals surface area contributed by atoms with Crippen LogP contribution < -0.4 is 4.74 Å². The summed E-state index contributed by atoms with van der Waals surface area (Å²) in [5, 5.41) is 0. The molecule has 1 aromatic rings. The molecule has 0 aromatic heterocycles. The minimum atomic E-state index is -0.236. The highest BCUT2D eigenvalue weighted by atomic mass is 19.1. The normalized spacial score (nSPS) is 13.5. The van der Waals surface area contributed by atoms with Crippen LogP contribution in [0, 0.1) is 5.82 Å². The highest BCUT2D eigenvalue weighted by Gasteiger charge is 2.13. The smallest absolute Gasteiger partial charge is 0.126 e. The first-order chi connectivity index (χ1) is 6.77. The Morgan fingerprint density at radius 3 is 2.79 bits per heavy atom. The summed E-state index contributed by atoms with van der Waals surface area (Å²) in [6, 6.07) is 4.52. The summed E-state index contributed by atoms with van der Waals surface area (Å²) in [6.45, 7) is 8.50. The Kier molecular flexibility index (Phi) is 3.69. The third-order valence-electron chi connectivity index (χ3n) is 1.98. The zero-order chi connectivity index (χ0) is 10.6. The number of hydrogen-bond acceptors (Lipinski definition) is 1. The van der Waals surface area contributed by atoms with Gasteiger partial charge in [0.25, 0.3) is 0 Å². The zero-order valence-corrected chi connectivity index (χ0v) is 8.64. The lowest BCUT2D eigenvalue weighted by Gasteiger charge is -2.18. The fourth-order valence-corrected chi connectivity index (χ4v) is 1.32. The molecule has 14 heavy (non-hydrogen) atoms. The van der Waals surface area contributed by atoms with Crippen molar-refractivity contribution in [3.05, 3.63) is 36.2 Å². The van der Waals surface area contributed by atoms with Crippen LogP contribution in [0.15, 0.2) is 24.8 Å². The van der Waals surface area contributed by atoms with Crippen LogP contribution in [0.5, 0.6) is 5.75 Å². The van der Waals surface area contributed by atoms with Crippen LogP contribution in [0.4, 0.5) is 4.39 Å². The number of rotatable bonds is 0. The predicted octanol–water partition coefficient (Wildman–Crippen LogP) is 3.65. The van der Waals surface area contributed by atoms with Crippen molar-refractivity contribution in [3.63, 3.8) is 0 Å². The van der Waals surface area contributed by atoms with Gasteiger partial charge in [-0.2, -0.15) is 0 Å². The van der Waals surface area contributed by atoms with Gasteiger partial charge in [0.1, 0.15) is 11.6 Å². The van der Waals surface area contributed by atoms with Gasteiger partial charge >= 0.3 is 0 Å². The molecule has 0 radical (unpaired) electrons. The summed E-state index contributed by atoms with van der Waals surface area (Å²) < 4.78 is 18.1.